The number of urea groups is 2. The molecular formula is C40H38N8O2. The normalized spacial score (nSPS) is 13.6. The van der Waals surface area contributed by atoms with Crippen molar-refractivity contribution in [2.75, 3.05) is 33.5 Å². The van der Waals surface area contributed by atoms with Crippen LogP contribution >= 0.6 is 0 Å². The molecular weight excluding hydrogens is 624 g/mol. The van der Waals surface area contributed by atoms with Crippen molar-refractivity contribution in [2.45, 2.75) is 26.2 Å². The van der Waals surface area contributed by atoms with Gasteiger partial charge in [0.05, 0.1) is 23.1 Å². The van der Waals surface area contributed by atoms with Gasteiger partial charge >= 0.3 is 12.1 Å². The number of carbonyl (C=O) groups excluding carboxylic acids is 2. The zero-order valence-electron chi connectivity index (χ0n) is 28.4. The number of nitrogens with zero attached hydrogens (tertiary/aromatic N) is 6. The molecule has 0 unspecified atom stereocenters. The van der Waals surface area contributed by atoms with E-state index in [1.165, 1.54) is 32.9 Å². The van der Waals surface area contributed by atoms with E-state index in [9.17, 15) is 9.59 Å². The summed E-state index contributed by atoms with van der Waals surface area (Å²) in [5.74, 6) is 0. The second-order valence-electron chi connectivity index (χ2n) is 12.9. The molecule has 9 rings (SSSR count). The highest BCUT2D eigenvalue weighted by Gasteiger charge is 2.27. The van der Waals surface area contributed by atoms with Crippen molar-refractivity contribution in [3.05, 3.63) is 120 Å². The highest BCUT2D eigenvalue weighted by molar-refractivity contribution is 6.09. The van der Waals surface area contributed by atoms with Crippen LogP contribution in [0.1, 0.15) is 23.2 Å². The number of hydrogen-bond acceptors (Lipinski definition) is 4. The molecule has 0 fully saturated rings. The van der Waals surface area contributed by atoms with Crippen molar-refractivity contribution in [2.24, 2.45) is 14.1 Å². The smallest absolute Gasteiger partial charge is 0.326 e. The van der Waals surface area contributed by atoms with Gasteiger partial charge in [0.25, 0.3) is 0 Å². The van der Waals surface area contributed by atoms with Gasteiger partial charge in [-0.15, -0.1) is 0 Å². The van der Waals surface area contributed by atoms with E-state index in [-0.39, 0.29) is 12.1 Å². The van der Waals surface area contributed by atoms with Gasteiger partial charge in [-0.3, -0.25) is 19.8 Å². The summed E-state index contributed by atoms with van der Waals surface area (Å²) in [6, 6.07) is 25.8. The van der Waals surface area contributed by atoms with E-state index in [0.29, 0.717) is 12.2 Å². The summed E-state index contributed by atoms with van der Waals surface area (Å²) in [6.45, 7) is 3.37. The maximum atomic E-state index is 13.1. The molecule has 0 radical (unpaired) electrons. The molecule has 6 heterocycles. The molecule has 7 aromatic rings. The summed E-state index contributed by atoms with van der Waals surface area (Å²) >= 11 is 0. The summed E-state index contributed by atoms with van der Waals surface area (Å²) in [7, 11) is 4.09. The third-order valence-electron chi connectivity index (χ3n) is 9.77. The summed E-state index contributed by atoms with van der Waals surface area (Å²) in [4.78, 5) is 38.0. The number of anilines is 4. The van der Waals surface area contributed by atoms with Crippen LogP contribution in [0.4, 0.5) is 32.3 Å². The lowest BCUT2D eigenvalue weighted by molar-refractivity contribution is 0.256. The first kappa shape index (κ1) is 31.1. The monoisotopic (exact) mass is 662 g/mol. The quantitative estimate of drug-likeness (QED) is 0.195. The van der Waals surface area contributed by atoms with Crippen molar-refractivity contribution in [1.29, 1.82) is 0 Å². The van der Waals surface area contributed by atoms with Crippen molar-refractivity contribution in [3.63, 3.8) is 0 Å². The average Bonchev–Trinajstić information content (AvgIpc) is 3.85. The van der Waals surface area contributed by atoms with Gasteiger partial charge in [-0.1, -0.05) is 18.2 Å². The molecule has 0 atom stereocenters. The van der Waals surface area contributed by atoms with Gasteiger partial charge in [-0.05, 0) is 98.0 Å². The fourth-order valence-electron chi connectivity index (χ4n) is 7.36. The van der Waals surface area contributed by atoms with Gasteiger partial charge < -0.3 is 19.8 Å². The molecule has 0 bridgehead atoms. The summed E-state index contributed by atoms with van der Waals surface area (Å²) in [5, 5.41) is 9.45. The highest BCUT2D eigenvalue weighted by atomic mass is 16.2. The fourth-order valence-corrected chi connectivity index (χ4v) is 7.36. The lowest BCUT2D eigenvalue weighted by Crippen LogP contribution is -2.38. The first-order valence-electron chi connectivity index (χ1n) is 16.9. The number of amides is 4. The third-order valence-corrected chi connectivity index (χ3v) is 9.77. The lowest BCUT2D eigenvalue weighted by atomic mass is 9.98. The zero-order valence-corrected chi connectivity index (χ0v) is 28.4. The van der Waals surface area contributed by atoms with E-state index in [0.717, 1.165) is 59.5 Å². The van der Waals surface area contributed by atoms with Crippen molar-refractivity contribution >= 4 is 67.5 Å². The Balaban J connectivity index is 0.000000146. The van der Waals surface area contributed by atoms with Crippen LogP contribution in [0.2, 0.25) is 0 Å². The minimum absolute atomic E-state index is 0.0974. The number of carbonyl (C=O) groups is 2. The van der Waals surface area contributed by atoms with Gasteiger partial charge in [0.2, 0.25) is 0 Å². The Morgan fingerprint density at radius 3 is 2.06 bits per heavy atom. The van der Waals surface area contributed by atoms with Gasteiger partial charge in [0.15, 0.2) is 0 Å². The number of hydrogen-bond donors (Lipinski definition) is 2. The fraction of sp³-hybridized carbons (Fsp3) is 0.200. The summed E-state index contributed by atoms with van der Waals surface area (Å²) < 4.78 is 4.23. The topological polar surface area (TPSA) is 100 Å². The number of aromatic nitrogens is 4. The predicted octanol–water partition coefficient (Wildman–Crippen LogP) is 8.19. The van der Waals surface area contributed by atoms with Gasteiger partial charge in [0.1, 0.15) is 0 Å². The van der Waals surface area contributed by atoms with Gasteiger partial charge in [-0.2, -0.15) is 0 Å². The van der Waals surface area contributed by atoms with Crippen molar-refractivity contribution in [1.82, 2.24) is 19.1 Å². The summed E-state index contributed by atoms with van der Waals surface area (Å²) in [5.41, 5.74) is 10.2. The molecule has 4 amide bonds. The SMILES string of the molecule is Cc1cc(NC(=O)N2CCc3c2ccc2c3ccn2C)c2ccccc2n1.Cn1ccc2c3c(ccc21)N(C(=O)Nc1cccnc1)CCC3. The molecule has 10 heteroatoms. The largest absolute Gasteiger partial charge is 0.351 e. The Bertz CT molecular complexity index is 2410. The van der Waals surface area contributed by atoms with Crippen LogP contribution < -0.4 is 20.4 Å². The molecule has 2 aliphatic heterocycles. The Morgan fingerprint density at radius 1 is 0.700 bits per heavy atom. The second-order valence-corrected chi connectivity index (χ2v) is 12.9. The molecule has 0 saturated carbocycles. The Labute approximate surface area is 290 Å². The lowest BCUT2D eigenvalue weighted by Gasteiger charge is -2.30. The number of aryl methyl sites for hydroxylation is 4. The molecule has 10 nitrogen and oxygen atoms in total. The zero-order chi connectivity index (χ0) is 34.4. The number of rotatable bonds is 2. The van der Waals surface area contributed by atoms with E-state index < -0.39 is 0 Å². The van der Waals surface area contributed by atoms with Gasteiger partial charge in [-0.25, -0.2) is 9.59 Å². The number of benzene rings is 3. The van der Waals surface area contributed by atoms with E-state index in [4.69, 9.17) is 0 Å². The van der Waals surface area contributed by atoms with Crippen LogP contribution in [0.25, 0.3) is 32.7 Å². The maximum absolute atomic E-state index is 13.1. The van der Waals surface area contributed by atoms with Crippen LogP contribution in [0.15, 0.2) is 104 Å². The Morgan fingerprint density at radius 2 is 1.36 bits per heavy atom. The molecule has 0 aliphatic carbocycles. The standard InChI is InChI=1S/C22H20N4O.C18H18N4O/c1-14-13-19(17-5-3-4-6-18(17)23-14)24-22(27)26-12-10-16-15-9-11-25(2)20(15)7-8-21(16)26;1-21-11-8-15-14-5-3-10-22(17(14)7-6-16(15)21)18(23)20-13-4-2-9-19-12-13/h3-9,11,13H,10,12H2,1-2H3,(H,23,24,27);2,4,6-9,11-12H,3,5,10H2,1H3,(H,20,23). The third kappa shape index (κ3) is 5.58. The van der Waals surface area contributed by atoms with Crippen LogP contribution in [-0.2, 0) is 26.9 Å². The molecule has 4 aromatic heterocycles. The Hall–Kier alpha value is -6.16. The minimum Gasteiger partial charge on any atom is -0.351 e. The molecule has 0 spiro atoms. The van der Waals surface area contributed by atoms with Crippen LogP contribution in [0, 0.1) is 6.92 Å². The van der Waals surface area contributed by atoms with E-state index in [2.05, 4.69) is 78.5 Å². The van der Waals surface area contributed by atoms with Gasteiger partial charge in [0, 0.05) is 90.0 Å². The van der Waals surface area contributed by atoms with E-state index in [1.54, 1.807) is 12.4 Å². The first-order valence-corrected chi connectivity index (χ1v) is 16.9. The Kier molecular flexibility index (Phi) is 7.91. The molecule has 2 aliphatic rings. The molecule has 2 N–H and O–H groups in total. The predicted molar refractivity (Wildman–Crippen MR) is 201 cm³/mol. The number of para-hydroxylation sites is 1. The summed E-state index contributed by atoms with van der Waals surface area (Å²) in [6.07, 6.45) is 10.3. The number of nitrogens with one attached hydrogen (secondary N) is 2. The molecule has 0 saturated heterocycles. The minimum atomic E-state index is -0.103. The van der Waals surface area contributed by atoms with E-state index >= 15 is 0 Å². The molecule has 250 valence electrons. The number of pyridine rings is 2. The molecule has 3 aromatic carbocycles. The van der Waals surface area contributed by atoms with E-state index in [1.807, 2.05) is 73.3 Å². The average molecular weight is 663 g/mol. The highest BCUT2D eigenvalue weighted by Crippen LogP contribution is 2.36. The second kappa shape index (κ2) is 12.7. The molecule has 50 heavy (non-hydrogen) atoms. The van der Waals surface area contributed by atoms with Crippen molar-refractivity contribution in [3.8, 4) is 0 Å². The maximum Gasteiger partial charge on any atom is 0.326 e. The van der Waals surface area contributed by atoms with Crippen molar-refractivity contribution < 1.29 is 9.59 Å². The number of fused-ring (bicyclic) bond motifs is 7. The first-order chi connectivity index (χ1) is 24.4. The van der Waals surface area contributed by atoms with Crippen LogP contribution in [0.3, 0.4) is 0 Å². The van der Waals surface area contributed by atoms with Crippen LogP contribution in [0.5, 0.6) is 0 Å². The van der Waals surface area contributed by atoms with Crippen LogP contribution in [-0.4, -0.2) is 44.3 Å².